The summed E-state index contributed by atoms with van der Waals surface area (Å²) in [4.78, 5) is 48.1. The summed E-state index contributed by atoms with van der Waals surface area (Å²) in [5.74, 6) is -2.19. The van der Waals surface area contributed by atoms with E-state index in [1.165, 1.54) is 6.92 Å². The molecule has 0 fully saturated rings. The van der Waals surface area contributed by atoms with Gasteiger partial charge in [0, 0.05) is 0 Å². The highest BCUT2D eigenvalue weighted by Crippen LogP contribution is 2.19. The number of benzene rings is 2. The zero-order valence-electron chi connectivity index (χ0n) is 17.4. The second-order valence-corrected chi connectivity index (χ2v) is 7.16. The van der Waals surface area contributed by atoms with Crippen molar-refractivity contribution in [3.05, 3.63) is 48.0 Å². The largest absolute Gasteiger partial charge is 0.453 e. The monoisotopic (exact) mass is 414 g/mol. The SMILES string of the molecule is COC(=O)NC(=O)[C@H](C)OC(=O)[C@@H](NC(=O)Cc1cccc2ccccc12)C(C)C. The van der Waals surface area contributed by atoms with E-state index in [2.05, 4.69) is 10.1 Å². The van der Waals surface area contributed by atoms with Gasteiger partial charge in [-0.1, -0.05) is 56.3 Å². The summed E-state index contributed by atoms with van der Waals surface area (Å²) in [7, 11) is 1.11. The van der Waals surface area contributed by atoms with Crippen molar-refractivity contribution in [1.29, 1.82) is 0 Å². The molecule has 2 aromatic rings. The number of nitrogens with one attached hydrogen (secondary N) is 2. The highest BCUT2D eigenvalue weighted by Gasteiger charge is 2.29. The molecule has 0 aromatic heterocycles. The number of methoxy groups -OCH3 is 1. The maximum absolute atomic E-state index is 12.6. The van der Waals surface area contributed by atoms with Crippen LogP contribution in [0.5, 0.6) is 0 Å². The number of imide groups is 1. The maximum Gasteiger partial charge on any atom is 0.413 e. The molecule has 160 valence electrons. The summed E-state index contributed by atoms with van der Waals surface area (Å²) in [5.41, 5.74) is 0.840. The molecule has 8 nitrogen and oxygen atoms in total. The summed E-state index contributed by atoms with van der Waals surface area (Å²) >= 11 is 0. The fourth-order valence-electron chi connectivity index (χ4n) is 2.90. The molecule has 8 heteroatoms. The molecular formula is C22H26N2O6. The number of esters is 1. The van der Waals surface area contributed by atoms with Gasteiger partial charge >= 0.3 is 12.1 Å². The lowest BCUT2D eigenvalue weighted by molar-refractivity contribution is -0.158. The van der Waals surface area contributed by atoms with Gasteiger partial charge in [0.25, 0.3) is 5.91 Å². The van der Waals surface area contributed by atoms with Crippen LogP contribution >= 0.6 is 0 Å². The molecule has 0 spiro atoms. The van der Waals surface area contributed by atoms with Crippen molar-refractivity contribution < 1.29 is 28.7 Å². The third-order valence-corrected chi connectivity index (χ3v) is 4.54. The van der Waals surface area contributed by atoms with Crippen LogP contribution in [0.3, 0.4) is 0 Å². The Morgan fingerprint density at radius 3 is 2.30 bits per heavy atom. The first-order valence-electron chi connectivity index (χ1n) is 9.58. The van der Waals surface area contributed by atoms with Crippen molar-refractivity contribution in [2.24, 2.45) is 5.92 Å². The van der Waals surface area contributed by atoms with Gasteiger partial charge in [0.05, 0.1) is 13.5 Å². The van der Waals surface area contributed by atoms with E-state index >= 15 is 0 Å². The molecule has 2 rings (SSSR count). The van der Waals surface area contributed by atoms with Gasteiger partial charge in [-0.3, -0.25) is 14.9 Å². The standard InChI is InChI=1S/C22H26N2O6/c1-13(2)19(21(27)30-14(3)20(26)24-22(28)29-4)23-18(25)12-16-10-7-9-15-8-5-6-11-17(15)16/h5-11,13-14,19H,12H2,1-4H3,(H,23,25)(H,24,26,28)/t14-,19-/m0/s1. The van der Waals surface area contributed by atoms with Crippen molar-refractivity contribution in [1.82, 2.24) is 10.6 Å². The highest BCUT2D eigenvalue weighted by atomic mass is 16.6. The Morgan fingerprint density at radius 1 is 0.967 bits per heavy atom. The Hall–Kier alpha value is -3.42. The van der Waals surface area contributed by atoms with Gasteiger partial charge in [0.15, 0.2) is 6.10 Å². The van der Waals surface area contributed by atoms with Crippen LogP contribution in [-0.4, -0.2) is 43.1 Å². The van der Waals surface area contributed by atoms with E-state index in [-0.39, 0.29) is 18.2 Å². The summed E-state index contributed by atoms with van der Waals surface area (Å²) < 4.78 is 9.46. The smallest absolute Gasteiger partial charge is 0.413 e. The molecule has 0 saturated heterocycles. The van der Waals surface area contributed by atoms with Crippen LogP contribution in [-0.2, 0) is 30.3 Å². The van der Waals surface area contributed by atoms with Crippen LogP contribution in [0.15, 0.2) is 42.5 Å². The summed E-state index contributed by atoms with van der Waals surface area (Å²) in [6, 6.07) is 12.5. The number of amides is 3. The molecule has 2 atom stereocenters. The zero-order valence-corrected chi connectivity index (χ0v) is 17.4. The Bertz CT molecular complexity index is 935. The fourth-order valence-corrected chi connectivity index (χ4v) is 2.90. The van der Waals surface area contributed by atoms with Crippen molar-refractivity contribution in [2.45, 2.75) is 39.3 Å². The van der Waals surface area contributed by atoms with Crippen LogP contribution in [0.25, 0.3) is 10.8 Å². The second-order valence-electron chi connectivity index (χ2n) is 7.16. The number of ether oxygens (including phenoxy) is 2. The number of alkyl carbamates (subject to hydrolysis) is 1. The predicted octanol–water partition coefficient (Wildman–Crippen LogP) is 2.34. The first kappa shape index (κ1) is 22.9. The van der Waals surface area contributed by atoms with Gasteiger partial charge in [-0.2, -0.15) is 0 Å². The lowest BCUT2D eigenvalue weighted by atomic mass is 10.0. The molecule has 2 N–H and O–H groups in total. The maximum atomic E-state index is 12.6. The molecule has 0 saturated carbocycles. The predicted molar refractivity (Wildman–Crippen MR) is 111 cm³/mol. The Kier molecular flexibility index (Phi) is 7.91. The fraction of sp³-hybridized carbons (Fsp3) is 0.364. The number of fused-ring (bicyclic) bond motifs is 1. The molecule has 0 heterocycles. The van der Waals surface area contributed by atoms with E-state index in [1.807, 2.05) is 47.8 Å². The zero-order chi connectivity index (χ0) is 22.3. The van der Waals surface area contributed by atoms with Gasteiger partial charge in [0.2, 0.25) is 5.91 Å². The molecule has 0 unspecified atom stereocenters. The summed E-state index contributed by atoms with van der Waals surface area (Å²) in [6.07, 6.45) is -2.09. The number of hydrogen-bond donors (Lipinski definition) is 2. The molecule has 30 heavy (non-hydrogen) atoms. The molecule has 3 amide bonds. The van der Waals surface area contributed by atoms with Crippen molar-refractivity contribution in [3.8, 4) is 0 Å². The number of hydrogen-bond acceptors (Lipinski definition) is 6. The molecule has 2 aromatic carbocycles. The average molecular weight is 414 g/mol. The van der Waals surface area contributed by atoms with Gasteiger partial charge in [-0.15, -0.1) is 0 Å². The van der Waals surface area contributed by atoms with Crippen LogP contribution in [0.4, 0.5) is 4.79 Å². The van der Waals surface area contributed by atoms with E-state index in [0.29, 0.717) is 0 Å². The van der Waals surface area contributed by atoms with Gasteiger partial charge in [-0.05, 0) is 29.2 Å². The lowest BCUT2D eigenvalue weighted by Crippen LogP contribution is -2.48. The first-order chi connectivity index (χ1) is 14.2. The van der Waals surface area contributed by atoms with Gasteiger partial charge in [-0.25, -0.2) is 9.59 Å². The molecule has 0 aliphatic rings. The molecule has 0 aliphatic carbocycles. The first-order valence-corrected chi connectivity index (χ1v) is 9.58. The van der Waals surface area contributed by atoms with Gasteiger partial charge < -0.3 is 14.8 Å². The lowest BCUT2D eigenvalue weighted by Gasteiger charge is -2.23. The van der Waals surface area contributed by atoms with E-state index in [1.54, 1.807) is 13.8 Å². The van der Waals surface area contributed by atoms with Crippen molar-refractivity contribution in [3.63, 3.8) is 0 Å². The Morgan fingerprint density at radius 2 is 1.63 bits per heavy atom. The van der Waals surface area contributed by atoms with Crippen LogP contribution < -0.4 is 10.6 Å². The highest BCUT2D eigenvalue weighted by molar-refractivity contribution is 5.96. The quantitative estimate of drug-likeness (QED) is 0.673. The van der Waals surface area contributed by atoms with Crippen LogP contribution in [0, 0.1) is 5.92 Å². The Labute approximate surface area is 174 Å². The third kappa shape index (κ3) is 6.04. The minimum atomic E-state index is -1.23. The molecule has 0 aliphatic heterocycles. The molecular weight excluding hydrogens is 388 g/mol. The van der Waals surface area contributed by atoms with Crippen LogP contribution in [0.1, 0.15) is 26.3 Å². The number of carbonyl (C=O) groups excluding carboxylic acids is 4. The molecule has 0 bridgehead atoms. The van der Waals surface area contributed by atoms with E-state index < -0.39 is 30.1 Å². The van der Waals surface area contributed by atoms with Crippen molar-refractivity contribution in [2.75, 3.05) is 7.11 Å². The van der Waals surface area contributed by atoms with Crippen LogP contribution in [0.2, 0.25) is 0 Å². The Balaban J connectivity index is 2.03. The third-order valence-electron chi connectivity index (χ3n) is 4.54. The summed E-state index contributed by atoms with van der Waals surface area (Å²) in [6.45, 7) is 4.83. The van der Waals surface area contributed by atoms with E-state index in [0.717, 1.165) is 23.4 Å². The van der Waals surface area contributed by atoms with E-state index in [4.69, 9.17) is 4.74 Å². The second kappa shape index (κ2) is 10.4. The molecule has 0 radical (unpaired) electrons. The number of rotatable bonds is 7. The van der Waals surface area contributed by atoms with Crippen molar-refractivity contribution >= 4 is 34.6 Å². The average Bonchev–Trinajstić information content (AvgIpc) is 2.71. The topological polar surface area (TPSA) is 111 Å². The normalized spacial score (nSPS) is 12.7. The van der Waals surface area contributed by atoms with E-state index in [9.17, 15) is 19.2 Å². The minimum absolute atomic E-state index is 0.0935. The minimum Gasteiger partial charge on any atom is -0.453 e. The van der Waals surface area contributed by atoms with Gasteiger partial charge in [0.1, 0.15) is 6.04 Å². The summed E-state index contributed by atoms with van der Waals surface area (Å²) in [5, 5.41) is 6.60. The number of carbonyl (C=O) groups is 4.